The van der Waals surface area contributed by atoms with Gasteiger partial charge in [0.05, 0.1) is 12.1 Å². The number of carbonyl (C=O) groups is 3. The molecule has 7 nitrogen and oxygen atoms in total. The Bertz CT molecular complexity index is 1060. The van der Waals surface area contributed by atoms with Crippen LogP contribution in [0.5, 0.6) is 5.75 Å². The topological polar surface area (TPSA) is 92.9 Å². The van der Waals surface area contributed by atoms with E-state index in [1.807, 2.05) is 25.1 Å². The Morgan fingerprint density at radius 2 is 1.76 bits per heavy atom. The average molecular weight is 452 g/mol. The van der Waals surface area contributed by atoms with Gasteiger partial charge in [-0.05, 0) is 74.7 Å². The molecule has 0 spiro atoms. The summed E-state index contributed by atoms with van der Waals surface area (Å²) in [5, 5.41) is 0. The van der Waals surface area contributed by atoms with Gasteiger partial charge >= 0.3 is 0 Å². The quantitative estimate of drug-likeness (QED) is 0.438. The molecule has 176 valence electrons. The molecule has 2 aromatic rings. The van der Waals surface area contributed by atoms with Crippen molar-refractivity contribution in [2.24, 2.45) is 0 Å². The molecule has 3 rings (SSSR count). The van der Waals surface area contributed by atoms with Gasteiger partial charge in [0.1, 0.15) is 18.1 Å². The zero-order valence-electron chi connectivity index (χ0n) is 19.9. The van der Waals surface area contributed by atoms with E-state index in [9.17, 15) is 14.4 Å². The van der Waals surface area contributed by atoms with Gasteiger partial charge in [0.25, 0.3) is 5.91 Å². The molecule has 1 amide bonds. The molecular weight excluding hydrogens is 418 g/mol. The lowest BCUT2D eigenvalue weighted by Gasteiger charge is -2.20. The third kappa shape index (κ3) is 5.99. The lowest BCUT2D eigenvalue weighted by atomic mass is 10.00. The zero-order chi connectivity index (χ0) is 24.1. The number of rotatable bonds is 10. The Labute approximate surface area is 195 Å². The summed E-state index contributed by atoms with van der Waals surface area (Å²) in [6.07, 6.45) is 0.982. The number of nitrogen functional groups attached to an aromatic ring is 1. The molecule has 0 saturated heterocycles. The standard InChI is InChI=1S/C26H33N3O4/c1-5-8-28(14-18(3)30)9-10-33-22-7-6-20-15-29(16-21(20)12-22)26(32)24-13-23(19(4)31)17(2)11-25(24)27/h6-7,11-13H,5,8-10,14-16,27H2,1-4H3. The maximum absolute atomic E-state index is 13.2. The fourth-order valence-electron chi connectivity index (χ4n) is 4.26. The SMILES string of the molecule is CCCN(CCOc1ccc2c(c1)CN(C(=O)c1cc(C(C)=O)c(C)cc1N)C2)CC(C)=O. The molecular formula is C26H33N3O4. The first kappa shape index (κ1) is 24.5. The number of nitrogens with zero attached hydrogens (tertiary/aromatic N) is 2. The van der Waals surface area contributed by atoms with Gasteiger partial charge in [-0.3, -0.25) is 19.3 Å². The molecule has 0 unspecified atom stereocenters. The number of aryl methyl sites for hydroxylation is 1. The van der Waals surface area contributed by atoms with E-state index in [0.717, 1.165) is 35.4 Å². The van der Waals surface area contributed by atoms with Gasteiger partial charge in [-0.1, -0.05) is 13.0 Å². The molecule has 0 fully saturated rings. The van der Waals surface area contributed by atoms with Crippen molar-refractivity contribution in [1.29, 1.82) is 0 Å². The summed E-state index contributed by atoms with van der Waals surface area (Å²) in [6, 6.07) is 9.16. The molecule has 1 aliphatic heterocycles. The number of hydrogen-bond donors (Lipinski definition) is 1. The summed E-state index contributed by atoms with van der Waals surface area (Å²) in [6.45, 7) is 10.4. The van der Waals surface area contributed by atoms with Gasteiger partial charge in [0.2, 0.25) is 0 Å². The van der Waals surface area contributed by atoms with Crippen molar-refractivity contribution in [3.05, 3.63) is 58.1 Å². The van der Waals surface area contributed by atoms with Crippen molar-refractivity contribution in [2.45, 2.75) is 47.2 Å². The highest BCUT2D eigenvalue weighted by Crippen LogP contribution is 2.30. The first-order valence-corrected chi connectivity index (χ1v) is 11.4. The number of ether oxygens (including phenoxy) is 1. The number of amides is 1. The predicted molar refractivity (Wildman–Crippen MR) is 129 cm³/mol. The van der Waals surface area contributed by atoms with Crippen LogP contribution in [-0.2, 0) is 17.9 Å². The molecule has 0 saturated carbocycles. The predicted octanol–water partition coefficient (Wildman–Crippen LogP) is 3.62. The number of carbonyl (C=O) groups excluding carboxylic acids is 3. The summed E-state index contributed by atoms with van der Waals surface area (Å²) in [7, 11) is 0. The zero-order valence-corrected chi connectivity index (χ0v) is 19.9. The van der Waals surface area contributed by atoms with Crippen LogP contribution in [0, 0.1) is 6.92 Å². The van der Waals surface area contributed by atoms with Crippen LogP contribution in [0.3, 0.4) is 0 Å². The highest BCUT2D eigenvalue weighted by Gasteiger charge is 2.27. The van der Waals surface area contributed by atoms with Crippen LogP contribution >= 0.6 is 0 Å². The number of Topliss-reactive ketones (excluding diaryl/α,β-unsaturated/α-hetero) is 2. The summed E-state index contributed by atoms with van der Waals surface area (Å²) < 4.78 is 5.93. The number of nitrogens with two attached hydrogens (primary N) is 1. The van der Waals surface area contributed by atoms with Crippen LogP contribution in [-0.4, -0.2) is 53.5 Å². The van der Waals surface area contributed by atoms with Crippen LogP contribution in [0.15, 0.2) is 30.3 Å². The van der Waals surface area contributed by atoms with E-state index in [1.165, 1.54) is 6.92 Å². The second kappa shape index (κ2) is 10.6. The highest BCUT2D eigenvalue weighted by molar-refractivity contribution is 6.04. The van der Waals surface area contributed by atoms with Crippen molar-refractivity contribution < 1.29 is 19.1 Å². The summed E-state index contributed by atoms with van der Waals surface area (Å²) >= 11 is 0. The maximum Gasteiger partial charge on any atom is 0.256 e. The molecule has 7 heteroatoms. The van der Waals surface area contributed by atoms with Crippen LogP contribution in [0.2, 0.25) is 0 Å². The molecule has 0 bridgehead atoms. The lowest BCUT2D eigenvalue weighted by molar-refractivity contribution is -0.118. The summed E-state index contributed by atoms with van der Waals surface area (Å²) in [5.41, 5.74) is 10.2. The van der Waals surface area contributed by atoms with E-state index in [2.05, 4.69) is 11.8 Å². The van der Waals surface area contributed by atoms with Gasteiger partial charge in [0.15, 0.2) is 5.78 Å². The van der Waals surface area contributed by atoms with Crippen LogP contribution in [0.25, 0.3) is 0 Å². The van der Waals surface area contributed by atoms with Gasteiger partial charge in [-0.15, -0.1) is 0 Å². The molecule has 0 atom stereocenters. The fourth-order valence-corrected chi connectivity index (χ4v) is 4.26. The summed E-state index contributed by atoms with van der Waals surface area (Å²) in [4.78, 5) is 40.3. The third-order valence-electron chi connectivity index (χ3n) is 5.86. The lowest BCUT2D eigenvalue weighted by Crippen LogP contribution is -2.33. The number of fused-ring (bicyclic) bond motifs is 1. The van der Waals surface area contributed by atoms with Crippen LogP contribution < -0.4 is 10.5 Å². The Morgan fingerprint density at radius 3 is 2.42 bits per heavy atom. The Kier molecular flexibility index (Phi) is 7.87. The number of ketones is 2. The van der Waals surface area contributed by atoms with E-state index in [4.69, 9.17) is 10.5 Å². The first-order valence-electron chi connectivity index (χ1n) is 11.4. The van der Waals surface area contributed by atoms with E-state index >= 15 is 0 Å². The van der Waals surface area contributed by atoms with Gasteiger partial charge in [0, 0.05) is 30.9 Å². The largest absolute Gasteiger partial charge is 0.492 e. The van der Waals surface area contributed by atoms with Gasteiger partial charge in [-0.2, -0.15) is 0 Å². The van der Waals surface area contributed by atoms with Crippen molar-refractivity contribution in [3.63, 3.8) is 0 Å². The molecule has 0 radical (unpaired) electrons. The van der Waals surface area contributed by atoms with E-state index in [-0.39, 0.29) is 17.5 Å². The molecule has 2 aromatic carbocycles. The normalized spacial score (nSPS) is 12.7. The smallest absolute Gasteiger partial charge is 0.256 e. The van der Waals surface area contributed by atoms with Crippen molar-refractivity contribution in [3.8, 4) is 5.75 Å². The number of anilines is 1. The van der Waals surface area contributed by atoms with E-state index in [0.29, 0.717) is 49.6 Å². The molecule has 33 heavy (non-hydrogen) atoms. The van der Waals surface area contributed by atoms with E-state index < -0.39 is 0 Å². The monoisotopic (exact) mass is 451 g/mol. The third-order valence-corrected chi connectivity index (χ3v) is 5.86. The molecule has 2 N–H and O–H groups in total. The minimum absolute atomic E-state index is 0.0890. The van der Waals surface area contributed by atoms with Gasteiger partial charge < -0.3 is 15.4 Å². The minimum Gasteiger partial charge on any atom is -0.492 e. The molecule has 1 heterocycles. The molecule has 1 aliphatic rings. The Balaban J connectivity index is 1.65. The summed E-state index contributed by atoms with van der Waals surface area (Å²) in [5.74, 6) is 0.619. The van der Waals surface area contributed by atoms with Crippen molar-refractivity contribution in [1.82, 2.24) is 9.80 Å². The van der Waals surface area contributed by atoms with Crippen LogP contribution in [0.1, 0.15) is 64.6 Å². The maximum atomic E-state index is 13.2. The average Bonchev–Trinajstić information content (AvgIpc) is 3.16. The van der Waals surface area contributed by atoms with Crippen LogP contribution in [0.4, 0.5) is 5.69 Å². The van der Waals surface area contributed by atoms with Gasteiger partial charge in [-0.25, -0.2) is 0 Å². The van der Waals surface area contributed by atoms with E-state index in [1.54, 1.807) is 24.0 Å². The molecule has 0 aromatic heterocycles. The fraction of sp³-hybridized carbons (Fsp3) is 0.423. The Morgan fingerprint density at radius 1 is 1.03 bits per heavy atom. The molecule has 0 aliphatic carbocycles. The first-order chi connectivity index (χ1) is 15.7. The number of benzene rings is 2. The second-order valence-corrected chi connectivity index (χ2v) is 8.73. The van der Waals surface area contributed by atoms with Crippen molar-refractivity contribution >= 4 is 23.2 Å². The highest BCUT2D eigenvalue weighted by atomic mass is 16.5. The Hall–Kier alpha value is -3.19. The minimum atomic E-state index is -0.187. The second-order valence-electron chi connectivity index (χ2n) is 8.73. The number of hydrogen-bond acceptors (Lipinski definition) is 6. The van der Waals surface area contributed by atoms with Crippen molar-refractivity contribution in [2.75, 3.05) is 32.0 Å².